The second kappa shape index (κ2) is 16.9. The number of fused-ring (bicyclic) bond motifs is 1. The number of nitrogens with zero attached hydrogens (tertiary/aromatic N) is 1. The van der Waals surface area contributed by atoms with Gasteiger partial charge in [0.1, 0.15) is 17.2 Å². The van der Waals surface area contributed by atoms with E-state index in [1.54, 1.807) is 24.3 Å². The number of unbranched alkanes of at least 4 members (excludes halogenated alkanes) is 2. The number of alkyl halides is 5. The maximum absolute atomic E-state index is 13.2. The monoisotopic (exact) mass is 697 g/mol. The summed E-state index contributed by atoms with van der Waals surface area (Å²) >= 11 is 0. The maximum atomic E-state index is 13.2. The number of halogens is 5. The summed E-state index contributed by atoms with van der Waals surface area (Å²) in [5, 5.41) is 21.7. The average Bonchev–Trinajstić information content (AvgIpc) is 3.04. The van der Waals surface area contributed by atoms with Crippen molar-refractivity contribution in [2.24, 2.45) is 0 Å². The van der Waals surface area contributed by atoms with Gasteiger partial charge in [-0.25, -0.2) is 0 Å². The van der Waals surface area contributed by atoms with Gasteiger partial charge in [0, 0.05) is 59.2 Å². The molecule has 0 aliphatic carbocycles. The lowest BCUT2D eigenvalue weighted by Crippen LogP contribution is -2.40. The summed E-state index contributed by atoms with van der Waals surface area (Å²) in [6.45, 7) is 3.96. The lowest BCUT2D eigenvalue weighted by molar-refractivity contribution is -0.284. The van der Waals surface area contributed by atoms with E-state index in [1.807, 2.05) is 53.6 Å². The SMILES string of the molecule is CC1(c2ccc(O)cc2)COc2cc(O)ccc2C1CCCCCN(CCCS(=O)CCCC(F)(F)C(F)(F)F)OCc1ccccc1. The summed E-state index contributed by atoms with van der Waals surface area (Å²) in [6, 6.07) is 22.1. The van der Waals surface area contributed by atoms with Gasteiger partial charge in [0.05, 0.1) is 13.2 Å². The van der Waals surface area contributed by atoms with Crippen molar-refractivity contribution in [2.45, 2.75) is 81.9 Å². The second-order valence-electron chi connectivity index (χ2n) is 12.6. The summed E-state index contributed by atoms with van der Waals surface area (Å²) in [5.41, 5.74) is 2.70. The van der Waals surface area contributed by atoms with E-state index in [2.05, 4.69) is 6.92 Å². The predicted molar refractivity (Wildman–Crippen MR) is 176 cm³/mol. The normalized spacial score (nSPS) is 18.8. The topological polar surface area (TPSA) is 79.2 Å². The number of phenols is 2. The molecular weight excluding hydrogens is 653 g/mol. The van der Waals surface area contributed by atoms with Gasteiger partial charge in [-0.05, 0) is 60.6 Å². The quantitative estimate of drug-likeness (QED) is 0.0788. The maximum Gasteiger partial charge on any atom is 0.453 e. The van der Waals surface area contributed by atoms with Crippen molar-refractivity contribution in [3.05, 3.63) is 89.5 Å². The predicted octanol–water partition coefficient (Wildman–Crippen LogP) is 8.64. The Morgan fingerprint density at radius 1 is 0.875 bits per heavy atom. The summed E-state index contributed by atoms with van der Waals surface area (Å²) in [5.74, 6) is -3.71. The van der Waals surface area contributed by atoms with Crippen molar-refractivity contribution in [1.82, 2.24) is 5.06 Å². The molecule has 2 N–H and O–H groups in total. The number of phenolic OH excluding ortho intramolecular Hbond substituents is 2. The average molecular weight is 698 g/mol. The Bertz CT molecular complexity index is 1460. The van der Waals surface area contributed by atoms with Gasteiger partial charge in [0.15, 0.2) is 0 Å². The van der Waals surface area contributed by atoms with Crippen LogP contribution in [0.4, 0.5) is 22.0 Å². The van der Waals surface area contributed by atoms with Crippen LogP contribution in [0.5, 0.6) is 17.2 Å². The minimum absolute atomic E-state index is 0.0999. The van der Waals surface area contributed by atoms with E-state index in [1.165, 1.54) is 0 Å². The molecule has 3 atom stereocenters. The summed E-state index contributed by atoms with van der Waals surface area (Å²) in [4.78, 5) is 6.08. The van der Waals surface area contributed by atoms with Crippen LogP contribution in [0.15, 0.2) is 72.8 Å². The number of benzene rings is 3. The molecule has 0 bridgehead atoms. The van der Waals surface area contributed by atoms with Gasteiger partial charge in [0.25, 0.3) is 0 Å². The van der Waals surface area contributed by atoms with E-state index in [9.17, 15) is 36.4 Å². The van der Waals surface area contributed by atoms with Crippen LogP contribution < -0.4 is 4.74 Å². The molecule has 1 aliphatic rings. The third-order valence-corrected chi connectivity index (χ3v) is 10.4. The van der Waals surface area contributed by atoms with Gasteiger partial charge in [0.2, 0.25) is 0 Å². The van der Waals surface area contributed by atoms with Gasteiger partial charge < -0.3 is 14.9 Å². The number of rotatable bonds is 18. The Hall–Kier alpha value is -3.22. The molecule has 0 amide bonds. The molecule has 1 heterocycles. The Labute approximate surface area is 281 Å². The minimum Gasteiger partial charge on any atom is -0.508 e. The zero-order valence-electron chi connectivity index (χ0n) is 27.1. The molecule has 0 spiro atoms. The van der Waals surface area contributed by atoms with E-state index in [4.69, 9.17) is 9.57 Å². The first-order chi connectivity index (χ1) is 22.8. The fourth-order valence-corrected chi connectivity index (χ4v) is 7.22. The zero-order valence-corrected chi connectivity index (χ0v) is 27.9. The number of hydrogen-bond donors (Lipinski definition) is 2. The summed E-state index contributed by atoms with van der Waals surface area (Å²) in [7, 11) is -1.52. The highest BCUT2D eigenvalue weighted by Crippen LogP contribution is 2.49. The molecule has 3 aromatic carbocycles. The van der Waals surface area contributed by atoms with Gasteiger partial charge in [-0.1, -0.05) is 68.3 Å². The summed E-state index contributed by atoms with van der Waals surface area (Å²) < 4.78 is 82.1. The Balaban J connectivity index is 1.31. The molecule has 264 valence electrons. The van der Waals surface area contributed by atoms with Crippen LogP contribution in [0.1, 0.15) is 74.5 Å². The minimum atomic E-state index is -5.60. The van der Waals surface area contributed by atoms with Crippen molar-refractivity contribution < 1.29 is 45.9 Å². The van der Waals surface area contributed by atoms with Crippen molar-refractivity contribution in [1.29, 1.82) is 0 Å². The lowest BCUT2D eigenvalue weighted by atomic mass is 9.66. The third kappa shape index (κ3) is 10.4. The molecule has 6 nitrogen and oxygen atoms in total. The van der Waals surface area contributed by atoms with E-state index in [0.717, 1.165) is 42.4 Å². The number of hydroxylamine groups is 2. The van der Waals surface area contributed by atoms with Crippen molar-refractivity contribution in [2.75, 3.05) is 31.2 Å². The molecule has 4 rings (SSSR count). The fourth-order valence-electron chi connectivity index (χ4n) is 6.10. The lowest BCUT2D eigenvalue weighted by Gasteiger charge is -2.43. The molecule has 12 heteroatoms. The molecule has 0 saturated carbocycles. The van der Waals surface area contributed by atoms with Crippen LogP contribution in [0.3, 0.4) is 0 Å². The molecule has 0 radical (unpaired) electrons. The summed E-state index contributed by atoms with van der Waals surface area (Å²) in [6.07, 6.45) is -3.55. The third-order valence-electron chi connectivity index (χ3n) is 8.91. The first kappa shape index (κ1) is 37.6. The molecule has 48 heavy (non-hydrogen) atoms. The van der Waals surface area contributed by atoms with E-state index >= 15 is 0 Å². The van der Waals surface area contributed by atoms with Crippen molar-refractivity contribution in [3.63, 3.8) is 0 Å². The number of hydrogen-bond acceptors (Lipinski definition) is 6. The van der Waals surface area contributed by atoms with Crippen LogP contribution in [-0.4, -0.2) is 62.8 Å². The molecule has 1 aliphatic heterocycles. The number of ether oxygens (including phenoxy) is 1. The van der Waals surface area contributed by atoms with Gasteiger partial charge in [-0.15, -0.1) is 0 Å². The van der Waals surface area contributed by atoms with Crippen LogP contribution in [0, 0.1) is 0 Å². The van der Waals surface area contributed by atoms with Crippen molar-refractivity contribution >= 4 is 10.8 Å². The van der Waals surface area contributed by atoms with Crippen molar-refractivity contribution in [3.8, 4) is 17.2 Å². The highest BCUT2D eigenvalue weighted by molar-refractivity contribution is 7.84. The molecule has 0 aromatic heterocycles. The van der Waals surface area contributed by atoms with E-state index in [0.29, 0.717) is 38.5 Å². The van der Waals surface area contributed by atoms with Crippen LogP contribution >= 0.6 is 0 Å². The Morgan fingerprint density at radius 3 is 2.25 bits per heavy atom. The van der Waals surface area contributed by atoms with E-state index in [-0.39, 0.29) is 34.3 Å². The highest BCUT2D eigenvalue weighted by atomic mass is 32.2. The van der Waals surface area contributed by atoms with Crippen LogP contribution in [-0.2, 0) is 27.7 Å². The molecular formula is C36H44F5NO5S. The zero-order chi connectivity index (χ0) is 34.8. The molecule has 3 unspecified atom stereocenters. The first-order valence-corrected chi connectivity index (χ1v) is 17.7. The Morgan fingerprint density at radius 2 is 1.54 bits per heavy atom. The largest absolute Gasteiger partial charge is 0.508 e. The first-order valence-electron chi connectivity index (χ1n) is 16.2. The Kier molecular flexibility index (Phi) is 13.3. The molecule has 0 saturated heterocycles. The smallest absolute Gasteiger partial charge is 0.453 e. The van der Waals surface area contributed by atoms with Gasteiger partial charge >= 0.3 is 12.1 Å². The molecule has 0 fully saturated rings. The van der Waals surface area contributed by atoms with Crippen LogP contribution in [0.2, 0.25) is 0 Å². The molecule has 3 aromatic rings. The van der Waals surface area contributed by atoms with Gasteiger partial charge in [-0.2, -0.15) is 27.0 Å². The van der Waals surface area contributed by atoms with Crippen LogP contribution in [0.25, 0.3) is 0 Å². The van der Waals surface area contributed by atoms with E-state index < -0.39 is 35.7 Å². The standard InChI is InChI=1S/C36H44F5NO5S/c1-34(28-13-15-29(43)16-14-28)26-46-33-24-30(44)17-18-31(33)32(34)12-6-3-7-20-42(47-25-27-10-4-2-5-11-27)21-9-23-48(45)22-8-19-35(37,38)36(39,40)41/h2,4-5,10-11,13-18,24,32,43-44H,3,6-9,12,19-23,25-26H2,1H3. The highest BCUT2D eigenvalue weighted by Gasteiger charge is 2.56. The second-order valence-corrected chi connectivity index (χ2v) is 14.3. The van der Waals surface area contributed by atoms with Gasteiger partial charge in [-0.3, -0.25) is 9.05 Å². The number of aromatic hydroxyl groups is 2. The fraction of sp³-hybridized carbons (Fsp3) is 0.500.